The van der Waals surface area contributed by atoms with Gasteiger partial charge in [0, 0.05) is 37.3 Å². The summed E-state index contributed by atoms with van der Waals surface area (Å²) in [6, 6.07) is 18.7. The van der Waals surface area contributed by atoms with E-state index >= 15 is 0 Å². The van der Waals surface area contributed by atoms with Gasteiger partial charge in [0.15, 0.2) is 0 Å². The zero-order chi connectivity index (χ0) is 21.8. The Hall–Kier alpha value is -2.57. The van der Waals surface area contributed by atoms with Gasteiger partial charge in [-0.15, -0.1) is 0 Å². The second-order valence-corrected chi connectivity index (χ2v) is 10.2. The molecule has 1 unspecified atom stereocenters. The highest BCUT2D eigenvalue weighted by molar-refractivity contribution is 7.89. The van der Waals surface area contributed by atoms with Gasteiger partial charge in [0.2, 0.25) is 10.0 Å². The predicted octanol–water partition coefficient (Wildman–Crippen LogP) is 4.47. The van der Waals surface area contributed by atoms with Crippen LogP contribution >= 0.6 is 0 Å². The molecule has 0 radical (unpaired) electrons. The van der Waals surface area contributed by atoms with Crippen LogP contribution in [0.15, 0.2) is 71.8 Å². The number of pyridine rings is 1. The molecule has 5 nitrogen and oxygen atoms in total. The molecule has 0 aliphatic carbocycles. The van der Waals surface area contributed by atoms with Crippen molar-refractivity contribution in [3.63, 3.8) is 0 Å². The molecule has 3 aromatic rings. The van der Waals surface area contributed by atoms with Crippen LogP contribution in [0.1, 0.15) is 31.9 Å². The van der Waals surface area contributed by atoms with Crippen molar-refractivity contribution in [2.75, 3.05) is 13.1 Å². The van der Waals surface area contributed by atoms with Crippen LogP contribution in [-0.2, 0) is 21.2 Å². The lowest BCUT2D eigenvalue weighted by Gasteiger charge is -2.17. The third kappa shape index (κ3) is 4.70. The number of rotatable bonds is 8. The predicted molar refractivity (Wildman–Crippen MR) is 122 cm³/mol. The van der Waals surface area contributed by atoms with E-state index in [1.165, 1.54) is 4.31 Å². The molecule has 1 aromatic heterocycles. The molecule has 1 aliphatic rings. The molecule has 0 bridgehead atoms. The van der Waals surface area contributed by atoms with Crippen LogP contribution < -0.4 is 0 Å². The Bertz CT molecular complexity index is 1160. The number of hydrogen-bond donors (Lipinski definition) is 0. The Balaban J connectivity index is 1.52. The maximum Gasteiger partial charge on any atom is 0.243 e. The monoisotopic (exact) mass is 436 g/mol. The minimum atomic E-state index is -3.65. The minimum absolute atomic E-state index is 0.0662. The molecule has 6 heteroatoms. The summed E-state index contributed by atoms with van der Waals surface area (Å²) >= 11 is 0. The highest BCUT2D eigenvalue weighted by Gasteiger charge is 2.41. The van der Waals surface area contributed by atoms with Crippen molar-refractivity contribution in [3.05, 3.63) is 72.6 Å². The number of nitrogens with zero attached hydrogens (tertiary/aromatic N) is 2. The number of aromatic nitrogens is 1. The minimum Gasteiger partial charge on any atom is -0.299 e. The van der Waals surface area contributed by atoms with Gasteiger partial charge in [-0.1, -0.05) is 49.7 Å². The second-order valence-electron chi connectivity index (χ2n) is 8.27. The molecule has 2 aromatic carbocycles. The Morgan fingerprint density at radius 3 is 2.55 bits per heavy atom. The number of sulfonamides is 1. The SMILES string of the molecule is CCC[C@H]1CN(S(=O)(=O)c2ccc3ccccc3c2)CC1C(=O)CCc1ccccn1. The number of carbonyl (C=O) groups excluding carboxylic acids is 1. The van der Waals surface area contributed by atoms with E-state index in [-0.39, 0.29) is 24.2 Å². The van der Waals surface area contributed by atoms with E-state index in [1.807, 2.05) is 48.5 Å². The largest absolute Gasteiger partial charge is 0.299 e. The summed E-state index contributed by atoms with van der Waals surface area (Å²) in [5.74, 6) is -0.0457. The zero-order valence-electron chi connectivity index (χ0n) is 17.8. The van der Waals surface area contributed by atoms with E-state index in [1.54, 1.807) is 18.3 Å². The van der Waals surface area contributed by atoms with Gasteiger partial charge in [-0.25, -0.2) is 8.42 Å². The van der Waals surface area contributed by atoms with Crippen molar-refractivity contribution in [2.24, 2.45) is 11.8 Å². The molecule has 0 spiro atoms. The van der Waals surface area contributed by atoms with E-state index in [2.05, 4.69) is 11.9 Å². The number of Topliss-reactive ketones (excluding diaryl/α,β-unsaturated/α-hetero) is 1. The van der Waals surface area contributed by atoms with Gasteiger partial charge in [-0.05, 0) is 53.8 Å². The Labute approximate surface area is 184 Å². The number of hydrogen-bond acceptors (Lipinski definition) is 4. The first kappa shape index (κ1) is 21.7. The first-order valence-corrected chi connectivity index (χ1v) is 12.3. The molecule has 162 valence electrons. The number of aryl methyl sites for hydroxylation is 1. The fourth-order valence-corrected chi connectivity index (χ4v) is 6.07. The number of fused-ring (bicyclic) bond motifs is 1. The van der Waals surface area contributed by atoms with Crippen LogP contribution in [0, 0.1) is 11.8 Å². The summed E-state index contributed by atoms with van der Waals surface area (Å²) in [6.45, 7) is 2.75. The Morgan fingerprint density at radius 2 is 1.81 bits per heavy atom. The van der Waals surface area contributed by atoms with Gasteiger partial charge in [0.25, 0.3) is 0 Å². The molecule has 4 rings (SSSR count). The Kier molecular flexibility index (Phi) is 6.49. The molecular formula is C25H28N2O3S. The van der Waals surface area contributed by atoms with Gasteiger partial charge in [-0.2, -0.15) is 4.31 Å². The number of ketones is 1. The molecule has 31 heavy (non-hydrogen) atoms. The topological polar surface area (TPSA) is 67.3 Å². The van der Waals surface area contributed by atoms with Crippen molar-refractivity contribution < 1.29 is 13.2 Å². The standard InChI is InChI=1S/C25H28N2O3S/c1-2-7-21-17-27(18-24(21)25(28)14-12-22-10-5-6-15-26-22)31(29,30)23-13-11-19-8-3-4-9-20(19)16-23/h3-6,8-11,13,15-16,21,24H,2,7,12,14,17-18H2,1H3/t21-,24?/m0/s1. The number of carbonyl (C=O) groups is 1. The molecule has 2 atom stereocenters. The number of benzene rings is 2. The third-order valence-corrected chi connectivity index (χ3v) is 8.02. The van der Waals surface area contributed by atoms with Crippen LogP contribution in [0.2, 0.25) is 0 Å². The molecule has 1 aliphatic heterocycles. The van der Waals surface area contributed by atoms with E-state index in [9.17, 15) is 13.2 Å². The summed E-state index contributed by atoms with van der Waals surface area (Å²) in [6.07, 6.45) is 4.49. The van der Waals surface area contributed by atoms with Crippen LogP contribution in [0.4, 0.5) is 0 Å². The van der Waals surface area contributed by atoms with Crippen molar-refractivity contribution in [2.45, 2.75) is 37.5 Å². The molecule has 0 amide bonds. The van der Waals surface area contributed by atoms with Crippen LogP contribution in [0.5, 0.6) is 0 Å². The van der Waals surface area contributed by atoms with Gasteiger partial charge in [0.05, 0.1) is 4.90 Å². The lowest BCUT2D eigenvalue weighted by Crippen LogP contribution is -2.30. The maximum absolute atomic E-state index is 13.4. The lowest BCUT2D eigenvalue weighted by molar-refractivity contribution is -0.123. The molecule has 0 N–H and O–H groups in total. The van der Waals surface area contributed by atoms with E-state index in [0.29, 0.717) is 24.3 Å². The fourth-order valence-electron chi connectivity index (χ4n) is 4.52. The lowest BCUT2D eigenvalue weighted by atomic mass is 9.86. The molecule has 0 saturated carbocycles. The maximum atomic E-state index is 13.4. The average Bonchev–Trinajstić information content (AvgIpc) is 3.23. The smallest absolute Gasteiger partial charge is 0.243 e. The quantitative estimate of drug-likeness (QED) is 0.522. The highest BCUT2D eigenvalue weighted by atomic mass is 32.2. The zero-order valence-corrected chi connectivity index (χ0v) is 18.6. The molecule has 1 saturated heterocycles. The summed E-state index contributed by atoms with van der Waals surface area (Å²) in [5.41, 5.74) is 0.890. The van der Waals surface area contributed by atoms with Gasteiger partial charge in [0.1, 0.15) is 5.78 Å². The average molecular weight is 437 g/mol. The molecule has 2 heterocycles. The second kappa shape index (κ2) is 9.28. The Morgan fingerprint density at radius 1 is 1.03 bits per heavy atom. The van der Waals surface area contributed by atoms with Crippen LogP contribution in [0.25, 0.3) is 10.8 Å². The van der Waals surface area contributed by atoms with E-state index < -0.39 is 10.0 Å². The van der Waals surface area contributed by atoms with Gasteiger partial charge < -0.3 is 0 Å². The van der Waals surface area contributed by atoms with E-state index in [0.717, 1.165) is 29.3 Å². The van der Waals surface area contributed by atoms with Crippen molar-refractivity contribution in [1.29, 1.82) is 0 Å². The summed E-state index contributed by atoms with van der Waals surface area (Å²) in [5, 5.41) is 1.91. The van der Waals surface area contributed by atoms with Gasteiger partial charge >= 0.3 is 0 Å². The normalized spacial score (nSPS) is 19.6. The summed E-state index contributed by atoms with van der Waals surface area (Å²) < 4.78 is 28.3. The third-order valence-electron chi connectivity index (χ3n) is 6.19. The van der Waals surface area contributed by atoms with E-state index in [4.69, 9.17) is 0 Å². The summed E-state index contributed by atoms with van der Waals surface area (Å²) in [4.78, 5) is 17.6. The fraction of sp³-hybridized carbons (Fsp3) is 0.360. The molecule has 1 fully saturated rings. The van der Waals surface area contributed by atoms with Crippen LogP contribution in [-0.4, -0.2) is 36.6 Å². The first-order valence-electron chi connectivity index (χ1n) is 10.9. The van der Waals surface area contributed by atoms with Crippen molar-refractivity contribution in [1.82, 2.24) is 9.29 Å². The summed E-state index contributed by atoms with van der Waals surface area (Å²) in [7, 11) is -3.65. The highest BCUT2D eigenvalue weighted by Crippen LogP contribution is 2.33. The van der Waals surface area contributed by atoms with Gasteiger partial charge in [-0.3, -0.25) is 9.78 Å². The van der Waals surface area contributed by atoms with Crippen molar-refractivity contribution >= 4 is 26.6 Å². The van der Waals surface area contributed by atoms with Crippen LogP contribution in [0.3, 0.4) is 0 Å². The first-order chi connectivity index (χ1) is 15.0. The molecular weight excluding hydrogens is 408 g/mol. The van der Waals surface area contributed by atoms with Crippen molar-refractivity contribution in [3.8, 4) is 0 Å².